The molecule has 2 N–H and O–H groups in total. The fourth-order valence-corrected chi connectivity index (χ4v) is 5.26. The Morgan fingerprint density at radius 2 is 1.94 bits per heavy atom. The summed E-state index contributed by atoms with van der Waals surface area (Å²) in [6, 6.07) is 11.8. The summed E-state index contributed by atoms with van der Waals surface area (Å²) in [6.07, 6.45) is 4.54. The van der Waals surface area contributed by atoms with Crippen molar-refractivity contribution < 1.29 is 13.2 Å². The molecule has 7 heteroatoms. The molecule has 0 saturated carbocycles. The molecule has 1 heterocycles. The van der Waals surface area contributed by atoms with Crippen LogP contribution in [0.25, 0.3) is 0 Å². The minimum atomic E-state index is -3.78. The van der Waals surface area contributed by atoms with E-state index in [0.29, 0.717) is 17.8 Å². The molecular formula is C25H35N3O3S. The Labute approximate surface area is 192 Å². The van der Waals surface area contributed by atoms with Crippen LogP contribution >= 0.6 is 0 Å². The van der Waals surface area contributed by atoms with Gasteiger partial charge in [0.1, 0.15) is 0 Å². The van der Waals surface area contributed by atoms with Gasteiger partial charge in [0.2, 0.25) is 0 Å². The molecule has 1 aliphatic heterocycles. The summed E-state index contributed by atoms with van der Waals surface area (Å²) in [6.45, 7) is 10.0. The third kappa shape index (κ3) is 6.81. The number of nitrogens with one attached hydrogen (secondary N) is 2. The van der Waals surface area contributed by atoms with Crippen LogP contribution in [0, 0.1) is 19.8 Å². The van der Waals surface area contributed by atoms with Crippen molar-refractivity contribution in [1.82, 2.24) is 10.2 Å². The molecule has 174 valence electrons. The second kappa shape index (κ2) is 11.0. The number of aryl methyl sites for hydroxylation is 2. The third-order valence-corrected chi connectivity index (χ3v) is 7.34. The minimum Gasteiger partial charge on any atom is -0.352 e. The van der Waals surface area contributed by atoms with E-state index >= 15 is 0 Å². The summed E-state index contributed by atoms with van der Waals surface area (Å²) in [7, 11) is -3.78. The number of hydrogen-bond donors (Lipinski definition) is 2. The average Bonchev–Trinajstić information content (AvgIpc) is 2.73. The van der Waals surface area contributed by atoms with Gasteiger partial charge in [0.25, 0.3) is 15.9 Å². The molecule has 1 saturated heterocycles. The van der Waals surface area contributed by atoms with Gasteiger partial charge in [0.05, 0.1) is 4.90 Å². The van der Waals surface area contributed by atoms with Crippen molar-refractivity contribution >= 4 is 21.6 Å². The fraction of sp³-hybridized carbons (Fsp3) is 0.480. The van der Waals surface area contributed by atoms with Crippen LogP contribution in [-0.2, 0) is 10.0 Å². The standard InChI is InChI=1S/C25H35N3O3S/c1-19-8-6-10-22(16-19)27-32(30,31)23-12-11-21(3)24(17-23)25(29)26-13-4-5-14-28-15-7-9-20(2)18-28/h6,8,10-12,16-17,20,27H,4-5,7,9,13-15,18H2,1-3H3,(H,26,29). The molecule has 2 aromatic rings. The maximum absolute atomic E-state index is 12.8. The Bertz CT molecular complexity index is 1040. The molecule has 1 fully saturated rings. The number of sulfonamides is 1. The zero-order valence-corrected chi connectivity index (χ0v) is 20.2. The predicted molar refractivity (Wildman–Crippen MR) is 130 cm³/mol. The first kappa shape index (κ1) is 24.3. The summed E-state index contributed by atoms with van der Waals surface area (Å²) in [4.78, 5) is 15.3. The van der Waals surface area contributed by atoms with Crippen molar-refractivity contribution in [2.45, 2.75) is 51.3 Å². The minimum absolute atomic E-state index is 0.0778. The molecule has 0 radical (unpaired) electrons. The fourth-order valence-electron chi connectivity index (χ4n) is 4.18. The van der Waals surface area contributed by atoms with Gasteiger partial charge in [-0.05, 0) is 93.9 Å². The van der Waals surface area contributed by atoms with Gasteiger partial charge in [0.15, 0.2) is 0 Å². The lowest BCUT2D eigenvalue weighted by Gasteiger charge is -2.30. The number of carbonyl (C=O) groups excluding carboxylic acids is 1. The number of nitrogens with zero attached hydrogens (tertiary/aromatic N) is 1. The Kier molecular flexibility index (Phi) is 8.32. The van der Waals surface area contributed by atoms with Gasteiger partial charge >= 0.3 is 0 Å². The number of benzene rings is 2. The van der Waals surface area contributed by atoms with E-state index in [2.05, 4.69) is 21.9 Å². The molecule has 0 aromatic heterocycles. The second-order valence-corrected chi connectivity index (χ2v) is 10.6. The Hall–Kier alpha value is -2.38. The van der Waals surface area contributed by atoms with Crippen molar-refractivity contribution in [1.29, 1.82) is 0 Å². The molecule has 6 nitrogen and oxygen atoms in total. The number of piperidine rings is 1. The van der Waals surface area contributed by atoms with Crippen molar-refractivity contribution in [2.24, 2.45) is 5.92 Å². The Morgan fingerprint density at radius 1 is 1.12 bits per heavy atom. The van der Waals surface area contributed by atoms with Gasteiger partial charge in [-0.1, -0.05) is 25.1 Å². The molecule has 1 atom stereocenters. The Balaban J connectivity index is 1.55. The first-order valence-electron chi connectivity index (χ1n) is 11.5. The van der Waals surface area contributed by atoms with Crippen LogP contribution in [0.1, 0.15) is 54.1 Å². The highest BCUT2D eigenvalue weighted by molar-refractivity contribution is 7.92. The van der Waals surface area contributed by atoms with E-state index in [1.807, 2.05) is 19.9 Å². The van der Waals surface area contributed by atoms with E-state index in [-0.39, 0.29) is 10.8 Å². The second-order valence-electron chi connectivity index (χ2n) is 8.96. The molecule has 2 aromatic carbocycles. The number of amides is 1. The van der Waals surface area contributed by atoms with Crippen LogP contribution in [0.2, 0.25) is 0 Å². The van der Waals surface area contributed by atoms with E-state index in [4.69, 9.17) is 0 Å². The van der Waals surface area contributed by atoms with Crippen LogP contribution in [0.3, 0.4) is 0 Å². The first-order chi connectivity index (χ1) is 15.2. The highest BCUT2D eigenvalue weighted by atomic mass is 32.2. The average molecular weight is 458 g/mol. The molecule has 0 aliphatic carbocycles. The monoisotopic (exact) mass is 457 g/mol. The molecular weight excluding hydrogens is 422 g/mol. The SMILES string of the molecule is Cc1cccc(NS(=O)(=O)c2ccc(C)c(C(=O)NCCCCN3CCCC(C)C3)c2)c1. The molecule has 32 heavy (non-hydrogen) atoms. The molecule has 0 bridgehead atoms. The van der Waals surface area contributed by atoms with Crippen molar-refractivity contribution in [3.05, 3.63) is 59.2 Å². The lowest BCUT2D eigenvalue weighted by molar-refractivity contribution is 0.0951. The summed E-state index contributed by atoms with van der Waals surface area (Å²) >= 11 is 0. The van der Waals surface area contributed by atoms with E-state index in [1.54, 1.807) is 24.3 Å². The molecule has 1 unspecified atom stereocenters. The highest BCUT2D eigenvalue weighted by Gasteiger charge is 2.19. The number of likely N-dealkylation sites (tertiary alicyclic amines) is 1. The topological polar surface area (TPSA) is 78.5 Å². The van der Waals surface area contributed by atoms with Gasteiger partial charge in [-0.2, -0.15) is 0 Å². The van der Waals surface area contributed by atoms with Gasteiger partial charge < -0.3 is 10.2 Å². The molecule has 3 rings (SSSR count). The lowest BCUT2D eigenvalue weighted by Crippen LogP contribution is -2.35. The molecule has 1 aliphatic rings. The van der Waals surface area contributed by atoms with Crippen LogP contribution in [0.4, 0.5) is 5.69 Å². The van der Waals surface area contributed by atoms with Gasteiger partial charge in [0, 0.05) is 24.3 Å². The van der Waals surface area contributed by atoms with Crippen molar-refractivity contribution in [3.63, 3.8) is 0 Å². The van der Waals surface area contributed by atoms with Gasteiger partial charge in [-0.3, -0.25) is 9.52 Å². The number of unbranched alkanes of at least 4 members (excludes halogenated alkanes) is 1. The van der Waals surface area contributed by atoms with Crippen LogP contribution < -0.4 is 10.0 Å². The summed E-state index contributed by atoms with van der Waals surface area (Å²) in [5, 5.41) is 2.95. The maximum atomic E-state index is 12.8. The Morgan fingerprint density at radius 3 is 2.69 bits per heavy atom. The maximum Gasteiger partial charge on any atom is 0.261 e. The van der Waals surface area contributed by atoms with E-state index < -0.39 is 10.0 Å². The van der Waals surface area contributed by atoms with Crippen LogP contribution in [-0.4, -0.2) is 45.4 Å². The highest BCUT2D eigenvalue weighted by Crippen LogP contribution is 2.20. The number of hydrogen-bond acceptors (Lipinski definition) is 4. The van der Waals surface area contributed by atoms with Crippen molar-refractivity contribution in [2.75, 3.05) is 30.9 Å². The number of carbonyl (C=O) groups is 1. The van der Waals surface area contributed by atoms with E-state index in [9.17, 15) is 13.2 Å². The first-order valence-corrected chi connectivity index (χ1v) is 12.9. The summed E-state index contributed by atoms with van der Waals surface area (Å²) < 4.78 is 28.2. The lowest BCUT2D eigenvalue weighted by atomic mass is 10.0. The van der Waals surface area contributed by atoms with Crippen LogP contribution in [0.15, 0.2) is 47.4 Å². The largest absolute Gasteiger partial charge is 0.352 e. The normalized spacial score (nSPS) is 17.2. The number of anilines is 1. The van der Waals surface area contributed by atoms with Crippen LogP contribution in [0.5, 0.6) is 0 Å². The third-order valence-electron chi connectivity index (χ3n) is 5.96. The quantitative estimate of drug-likeness (QED) is 0.549. The predicted octanol–water partition coefficient (Wildman–Crippen LogP) is 4.35. The number of rotatable bonds is 9. The van der Waals surface area contributed by atoms with E-state index in [0.717, 1.165) is 36.4 Å². The van der Waals surface area contributed by atoms with E-state index in [1.165, 1.54) is 38.1 Å². The van der Waals surface area contributed by atoms with Gasteiger partial charge in [-0.25, -0.2) is 8.42 Å². The summed E-state index contributed by atoms with van der Waals surface area (Å²) in [5.41, 5.74) is 2.60. The van der Waals surface area contributed by atoms with Crippen molar-refractivity contribution in [3.8, 4) is 0 Å². The van der Waals surface area contributed by atoms with Gasteiger partial charge in [-0.15, -0.1) is 0 Å². The zero-order chi connectivity index (χ0) is 23.1. The summed E-state index contributed by atoms with van der Waals surface area (Å²) in [5.74, 6) is 0.539. The molecule has 0 spiro atoms. The smallest absolute Gasteiger partial charge is 0.261 e. The molecule has 1 amide bonds. The zero-order valence-electron chi connectivity index (χ0n) is 19.4.